The molecule has 3 saturated heterocycles. The molecular formula is C19H21N5O4S. The molecule has 0 N–H and O–H groups in total. The average Bonchev–Trinajstić information content (AvgIpc) is 3.08. The number of sulfonamides is 1. The normalized spacial score (nSPS) is 30.3. The Hall–Kier alpha value is -2.43. The number of rotatable bonds is 3. The lowest BCUT2D eigenvalue weighted by Crippen LogP contribution is -2.56. The molecule has 3 aliphatic heterocycles. The Balaban J connectivity index is 1.41. The van der Waals surface area contributed by atoms with Crippen molar-refractivity contribution >= 4 is 15.9 Å². The molecule has 2 bridgehead atoms. The highest BCUT2D eigenvalue weighted by Crippen LogP contribution is 2.47. The number of likely N-dealkylation sites (tertiary alicyclic amines) is 1. The minimum absolute atomic E-state index is 0.231. The van der Waals surface area contributed by atoms with E-state index in [0.717, 1.165) is 11.3 Å². The minimum atomic E-state index is -3.52. The van der Waals surface area contributed by atoms with E-state index in [1.165, 1.54) is 10.5 Å². The number of nitrogens with zero attached hydrogens (tertiary/aromatic N) is 5. The van der Waals surface area contributed by atoms with E-state index < -0.39 is 20.9 Å². The fourth-order valence-electron chi connectivity index (χ4n) is 4.60. The zero-order chi connectivity index (χ0) is 20.2. The van der Waals surface area contributed by atoms with Gasteiger partial charge in [0, 0.05) is 38.2 Å². The van der Waals surface area contributed by atoms with E-state index in [2.05, 4.69) is 15.0 Å². The van der Waals surface area contributed by atoms with Crippen LogP contribution in [-0.4, -0.2) is 75.1 Å². The molecule has 3 atom stereocenters. The molecule has 5 rings (SSSR count). The van der Waals surface area contributed by atoms with Gasteiger partial charge in [-0.05, 0) is 31.0 Å². The van der Waals surface area contributed by atoms with Gasteiger partial charge in [-0.2, -0.15) is 4.31 Å². The highest BCUT2D eigenvalue weighted by molar-refractivity contribution is 7.90. The van der Waals surface area contributed by atoms with Crippen LogP contribution < -0.4 is 0 Å². The summed E-state index contributed by atoms with van der Waals surface area (Å²) in [5.41, 5.74) is 0.966. The van der Waals surface area contributed by atoms with Crippen LogP contribution in [0.15, 0.2) is 36.9 Å². The van der Waals surface area contributed by atoms with E-state index in [0.29, 0.717) is 13.0 Å². The number of morpholine rings is 1. The van der Waals surface area contributed by atoms with Crippen LogP contribution in [-0.2, 0) is 21.3 Å². The first kappa shape index (κ1) is 18.6. The highest BCUT2D eigenvalue weighted by Gasteiger charge is 2.65. The standard InChI is InChI=1S/C19H21N5O4S/c1-13-7-22-16(8-21-13)18(25)23-10-15-6-17-19(11-23,28-15)12-24(29(17,26)27)9-14-2-4-20-5-3-14/h2-5,7-8,15,17H,6,9-12H2,1H3/t15-,17+,19+/m0/s1. The number of aryl methyl sites for hydroxylation is 1. The molecule has 0 unspecified atom stereocenters. The van der Waals surface area contributed by atoms with Gasteiger partial charge in [0.25, 0.3) is 5.91 Å². The van der Waals surface area contributed by atoms with Crippen LogP contribution in [0.25, 0.3) is 0 Å². The Bertz CT molecular complexity index is 1050. The first-order chi connectivity index (χ1) is 13.9. The van der Waals surface area contributed by atoms with Gasteiger partial charge in [-0.1, -0.05) is 0 Å². The second kappa shape index (κ2) is 6.54. The van der Waals surface area contributed by atoms with Crippen molar-refractivity contribution in [3.05, 3.63) is 53.9 Å². The van der Waals surface area contributed by atoms with E-state index in [4.69, 9.17) is 4.74 Å². The Kier molecular flexibility index (Phi) is 4.19. The van der Waals surface area contributed by atoms with Gasteiger partial charge >= 0.3 is 0 Å². The zero-order valence-electron chi connectivity index (χ0n) is 15.9. The first-order valence-electron chi connectivity index (χ1n) is 9.51. The number of carbonyl (C=O) groups excluding carboxylic acids is 1. The van der Waals surface area contributed by atoms with Crippen molar-refractivity contribution in [1.29, 1.82) is 0 Å². The van der Waals surface area contributed by atoms with Crippen LogP contribution in [0, 0.1) is 6.92 Å². The SMILES string of the molecule is Cc1cnc(C(=O)N2C[C@@H]3C[C@@H]4[C@@](C2)(CN(Cc2ccncc2)S4(=O)=O)O3)cn1. The molecule has 0 saturated carbocycles. The summed E-state index contributed by atoms with van der Waals surface area (Å²) >= 11 is 0. The van der Waals surface area contributed by atoms with Crippen LogP contribution in [0.3, 0.4) is 0 Å². The van der Waals surface area contributed by atoms with Gasteiger partial charge in [0.05, 0.1) is 24.5 Å². The number of carbonyl (C=O) groups is 1. The molecule has 0 aliphatic carbocycles. The number of hydrogen-bond acceptors (Lipinski definition) is 7. The fraction of sp³-hybridized carbons (Fsp3) is 0.474. The van der Waals surface area contributed by atoms with Crippen molar-refractivity contribution in [3.8, 4) is 0 Å². The lowest BCUT2D eigenvalue weighted by molar-refractivity contribution is -0.0981. The lowest BCUT2D eigenvalue weighted by atomic mass is 9.99. The van der Waals surface area contributed by atoms with Crippen LogP contribution in [0.5, 0.6) is 0 Å². The molecule has 152 valence electrons. The van der Waals surface area contributed by atoms with Crippen molar-refractivity contribution < 1.29 is 17.9 Å². The van der Waals surface area contributed by atoms with Gasteiger partial charge in [0.1, 0.15) is 16.5 Å². The average molecular weight is 415 g/mol. The smallest absolute Gasteiger partial charge is 0.274 e. The van der Waals surface area contributed by atoms with Crippen molar-refractivity contribution in [2.45, 2.75) is 36.8 Å². The summed E-state index contributed by atoms with van der Waals surface area (Å²) in [6.45, 7) is 2.92. The molecule has 5 heterocycles. The molecule has 0 radical (unpaired) electrons. The number of amides is 1. The number of pyridine rings is 1. The van der Waals surface area contributed by atoms with Gasteiger partial charge in [0.15, 0.2) is 0 Å². The van der Waals surface area contributed by atoms with E-state index >= 15 is 0 Å². The molecule has 2 aromatic heterocycles. The summed E-state index contributed by atoms with van der Waals surface area (Å²) < 4.78 is 34.1. The van der Waals surface area contributed by atoms with Gasteiger partial charge in [-0.15, -0.1) is 0 Å². The van der Waals surface area contributed by atoms with Crippen LogP contribution in [0.2, 0.25) is 0 Å². The summed E-state index contributed by atoms with van der Waals surface area (Å²) in [6, 6.07) is 3.61. The van der Waals surface area contributed by atoms with Crippen LogP contribution in [0.1, 0.15) is 28.2 Å². The Morgan fingerprint density at radius 1 is 1.24 bits per heavy atom. The summed E-state index contributed by atoms with van der Waals surface area (Å²) in [5.74, 6) is -0.240. The third-order valence-electron chi connectivity index (χ3n) is 5.91. The van der Waals surface area contributed by atoms with E-state index in [9.17, 15) is 13.2 Å². The fourth-order valence-corrected chi connectivity index (χ4v) is 6.89. The third kappa shape index (κ3) is 3.02. The quantitative estimate of drug-likeness (QED) is 0.713. The summed E-state index contributed by atoms with van der Waals surface area (Å²) in [6.07, 6.45) is 6.43. The van der Waals surface area contributed by atoms with E-state index in [1.54, 1.807) is 42.5 Å². The number of hydrogen-bond donors (Lipinski definition) is 0. The monoisotopic (exact) mass is 415 g/mol. The van der Waals surface area contributed by atoms with E-state index in [-0.39, 0.29) is 37.3 Å². The van der Waals surface area contributed by atoms with Crippen molar-refractivity contribution in [2.75, 3.05) is 19.6 Å². The summed E-state index contributed by atoms with van der Waals surface area (Å²) in [7, 11) is -3.52. The summed E-state index contributed by atoms with van der Waals surface area (Å²) in [5, 5.41) is -0.635. The molecular weight excluding hydrogens is 394 g/mol. The molecule has 3 aliphatic rings. The predicted octanol–water partition coefficient (Wildman–Crippen LogP) is 0.378. The maximum atomic E-state index is 13.2. The second-order valence-electron chi connectivity index (χ2n) is 7.93. The van der Waals surface area contributed by atoms with E-state index in [1.807, 2.05) is 0 Å². The zero-order valence-corrected chi connectivity index (χ0v) is 16.7. The highest BCUT2D eigenvalue weighted by atomic mass is 32.2. The van der Waals surface area contributed by atoms with Gasteiger partial charge < -0.3 is 9.64 Å². The lowest BCUT2D eigenvalue weighted by Gasteiger charge is -2.39. The number of aromatic nitrogens is 3. The Morgan fingerprint density at radius 3 is 2.76 bits per heavy atom. The molecule has 0 aromatic carbocycles. The molecule has 10 heteroatoms. The molecule has 9 nitrogen and oxygen atoms in total. The van der Waals surface area contributed by atoms with Crippen LogP contribution in [0.4, 0.5) is 0 Å². The molecule has 1 amide bonds. The minimum Gasteiger partial charge on any atom is -0.365 e. The van der Waals surface area contributed by atoms with Gasteiger partial charge in [-0.25, -0.2) is 13.4 Å². The maximum absolute atomic E-state index is 13.2. The first-order valence-corrected chi connectivity index (χ1v) is 11.0. The third-order valence-corrected chi connectivity index (χ3v) is 8.23. The van der Waals surface area contributed by atoms with Crippen molar-refractivity contribution in [2.24, 2.45) is 0 Å². The molecule has 3 fully saturated rings. The largest absolute Gasteiger partial charge is 0.365 e. The Labute approximate surface area is 168 Å². The summed E-state index contributed by atoms with van der Waals surface area (Å²) in [4.78, 5) is 26.9. The predicted molar refractivity (Wildman–Crippen MR) is 102 cm³/mol. The maximum Gasteiger partial charge on any atom is 0.274 e. The molecule has 29 heavy (non-hydrogen) atoms. The second-order valence-corrected chi connectivity index (χ2v) is 10.0. The van der Waals surface area contributed by atoms with Gasteiger partial charge in [0.2, 0.25) is 10.0 Å². The number of fused-ring (bicyclic) bond motifs is 1. The topological polar surface area (TPSA) is 106 Å². The van der Waals surface area contributed by atoms with Crippen molar-refractivity contribution in [3.63, 3.8) is 0 Å². The molecule has 1 spiro atoms. The number of ether oxygens (including phenoxy) is 1. The molecule has 2 aromatic rings. The Morgan fingerprint density at radius 2 is 2.03 bits per heavy atom. The van der Waals surface area contributed by atoms with Crippen LogP contribution >= 0.6 is 0 Å². The van der Waals surface area contributed by atoms with Crippen molar-refractivity contribution in [1.82, 2.24) is 24.2 Å². The van der Waals surface area contributed by atoms with Gasteiger partial charge in [-0.3, -0.25) is 14.8 Å².